The second kappa shape index (κ2) is 9.21. The van der Waals surface area contributed by atoms with Gasteiger partial charge in [0.1, 0.15) is 12.1 Å². The van der Waals surface area contributed by atoms with E-state index in [-0.39, 0.29) is 37.8 Å². The summed E-state index contributed by atoms with van der Waals surface area (Å²) >= 11 is 0. The van der Waals surface area contributed by atoms with Crippen LogP contribution in [0.2, 0.25) is 0 Å². The zero-order valence-electron chi connectivity index (χ0n) is 15.5. The van der Waals surface area contributed by atoms with Crippen molar-refractivity contribution in [3.63, 3.8) is 0 Å². The molecule has 2 atom stereocenters. The molecule has 0 amide bonds. The van der Waals surface area contributed by atoms with Crippen molar-refractivity contribution >= 4 is 16.0 Å². The van der Waals surface area contributed by atoms with Crippen molar-refractivity contribution in [2.24, 2.45) is 0 Å². The van der Waals surface area contributed by atoms with E-state index in [0.717, 1.165) is 5.56 Å². The summed E-state index contributed by atoms with van der Waals surface area (Å²) < 4.78 is 78.3. The van der Waals surface area contributed by atoms with Gasteiger partial charge in [0.25, 0.3) is 0 Å². The molecule has 0 bridgehead atoms. The summed E-state index contributed by atoms with van der Waals surface area (Å²) in [5.41, 5.74) is 0.754. The average Bonchev–Trinajstić information content (AvgIpc) is 2.62. The maximum Gasteiger partial charge on any atom is 0.407 e. The zero-order valence-corrected chi connectivity index (χ0v) is 16.3. The van der Waals surface area contributed by atoms with Crippen LogP contribution in [0.1, 0.15) is 12.5 Å². The molecule has 1 aromatic carbocycles. The van der Waals surface area contributed by atoms with E-state index in [1.165, 1.54) is 36.1 Å². The second-order valence-corrected chi connectivity index (χ2v) is 8.01. The quantitative estimate of drug-likeness (QED) is 0.668. The molecule has 1 N–H and O–H groups in total. The highest BCUT2D eigenvalue weighted by Crippen LogP contribution is 2.28. The fourth-order valence-corrected chi connectivity index (χ4v) is 4.07. The number of halogens is 3. The molecular formula is C17H23F3N2O5S. The number of nitrogens with one attached hydrogen (secondary N) is 1. The van der Waals surface area contributed by atoms with Crippen LogP contribution in [0.15, 0.2) is 29.2 Å². The van der Waals surface area contributed by atoms with Crippen molar-refractivity contribution in [1.29, 1.82) is 0 Å². The number of rotatable bonds is 7. The van der Waals surface area contributed by atoms with Crippen molar-refractivity contribution in [2.45, 2.75) is 37.0 Å². The molecule has 158 valence electrons. The number of hydrogen-bond donors (Lipinski definition) is 1. The lowest BCUT2D eigenvalue weighted by Crippen LogP contribution is -2.63. The topological polar surface area (TPSA) is 84.9 Å². The fourth-order valence-electron chi connectivity index (χ4n) is 2.84. The molecule has 11 heteroatoms. The second-order valence-electron chi connectivity index (χ2n) is 6.30. The van der Waals surface area contributed by atoms with Gasteiger partial charge in [-0.15, -0.1) is 0 Å². The molecule has 0 saturated carbocycles. The van der Waals surface area contributed by atoms with Gasteiger partial charge in [-0.1, -0.05) is 17.7 Å². The summed E-state index contributed by atoms with van der Waals surface area (Å²) in [7, 11) is -4.53. The lowest BCUT2D eigenvalue weighted by atomic mass is 10.1. The van der Waals surface area contributed by atoms with E-state index in [1.54, 1.807) is 11.6 Å². The van der Waals surface area contributed by atoms with Crippen molar-refractivity contribution in [3.05, 3.63) is 29.8 Å². The predicted octanol–water partition coefficient (Wildman–Crippen LogP) is 1.47. The normalized spacial score (nSPS) is 18.5. The number of sulfonamides is 1. The smallest absolute Gasteiger partial charge is 0.407 e. The van der Waals surface area contributed by atoms with Gasteiger partial charge in [-0.25, -0.2) is 8.42 Å². The van der Waals surface area contributed by atoms with Gasteiger partial charge < -0.3 is 9.47 Å². The number of hydrogen-bond acceptors (Lipinski definition) is 6. The van der Waals surface area contributed by atoms with Gasteiger partial charge in [0.05, 0.1) is 24.7 Å². The maximum atomic E-state index is 13.8. The van der Waals surface area contributed by atoms with Gasteiger partial charge in [0, 0.05) is 13.1 Å². The summed E-state index contributed by atoms with van der Waals surface area (Å²) in [6, 6.07) is 0.836. The summed E-state index contributed by atoms with van der Waals surface area (Å²) in [4.78, 5) is 13.3. The number of nitrogens with zero attached hydrogens (tertiary/aromatic N) is 1. The van der Waals surface area contributed by atoms with Crippen LogP contribution in [-0.2, 0) is 24.3 Å². The minimum Gasteiger partial charge on any atom is -0.465 e. The van der Waals surface area contributed by atoms with E-state index in [1.807, 2.05) is 0 Å². The molecule has 0 aromatic heterocycles. The van der Waals surface area contributed by atoms with E-state index in [2.05, 4.69) is 0 Å². The number of aryl methyl sites for hydroxylation is 1. The Balaban J connectivity index is 2.40. The number of ether oxygens (including phenoxy) is 2. The molecule has 2 rings (SSSR count). The summed E-state index contributed by atoms with van der Waals surface area (Å²) in [5.74, 6) is -1.14. The molecule has 7 nitrogen and oxygen atoms in total. The number of alkyl halides is 3. The first kappa shape index (κ1) is 22.6. The molecule has 1 heterocycles. The molecular weight excluding hydrogens is 401 g/mol. The van der Waals surface area contributed by atoms with E-state index in [4.69, 9.17) is 9.47 Å². The molecule has 1 aromatic rings. The van der Waals surface area contributed by atoms with Gasteiger partial charge in [-0.05, 0) is 26.0 Å². The first-order chi connectivity index (χ1) is 13.1. The summed E-state index contributed by atoms with van der Waals surface area (Å²) in [6.07, 6.45) is -5.02. The molecule has 0 unspecified atom stereocenters. The average molecular weight is 424 g/mol. The Labute approximate surface area is 161 Å². The van der Waals surface area contributed by atoms with Crippen molar-refractivity contribution < 1.29 is 35.9 Å². The van der Waals surface area contributed by atoms with E-state index in [9.17, 15) is 26.4 Å². The van der Waals surface area contributed by atoms with Gasteiger partial charge in [-0.3, -0.25) is 9.69 Å². The Bertz CT molecular complexity index is 762. The Morgan fingerprint density at radius 1 is 1.25 bits per heavy atom. The molecule has 0 aliphatic carbocycles. The maximum absolute atomic E-state index is 13.8. The third-order valence-electron chi connectivity index (χ3n) is 4.25. The van der Waals surface area contributed by atoms with Gasteiger partial charge in [-0.2, -0.15) is 17.9 Å². The summed E-state index contributed by atoms with van der Waals surface area (Å²) in [6.45, 7) is 3.40. The molecule has 0 spiro atoms. The van der Waals surface area contributed by atoms with Crippen LogP contribution in [0.4, 0.5) is 13.2 Å². The lowest BCUT2D eigenvalue weighted by molar-refractivity contribution is -0.184. The lowest BCUT2D eigenvalue weighted by Gasteiger charge is -2.38. The molecule has 1 aliphatic rings. The van der Waals surface area contributed by atoms with Gasteiger partial charge in [0.15, 0.2) is 0 Å². The Hall–Kier alpha value is -1.69. The standard InChI is InChI=1S/C17H23F3N2O5S/c1-3-27-16(23)14(22-8-10-26-11-9-22)15(17(18,19)20)21-28(24,25)13-6-4-12(2)5-7-13/h4-7,14-15,21H,3,8-11H2,1-2H3/t14-,15-/m0/s1. The van der Waals surface area contributed by atoms with Crippen LogP contribution in [0, 0.1) is 6.92 Å². The first-order valence-electron chi connectivity index (χ1n) is 8.70. The van der Waals surface area contributed by atoms with E-state index < -0.39 is 34.3 Å². The van der Waals surface area contributed by atoms with Crippen molar-refractivity contribution in [1.82, 2.24) is 9.62 Å². The Kier molecular flexibility index (Phi) is 7.43. The Morgan fingerprint density at radius 3 is 2.32 bits per heavy atom. The van der Waals surface area contributed by atoms with Crippen LogP contribution in [-0.4, -0.2) is 70.5 Å². The highest BCUT2D eigenvalue weighted by atomic mass is 32.2. The molecule has 0 radical (unpaired) electrons. The number of esters is 1. The number of morpholine rings is 1. The van der Waals surface area contributed by atoms with Crippen LogP contribution in [0.3, 0.4) is 0 Å². The van der Waals surface area contributed by atoms with Gasteiger partial charge >= 0.3 is 12.1 Å². The molecule has 1 aliphatic heterocycles. The largest absolute Gasteiger partial charge is 0.465 e. The number of carbonyl (C=O) groups excluding carboxylic acids is 1. The van der Waals surface area contributed by atoms with Crippen LogP contribution in [0.25, 0.3) is 0 Å². The van der Waals surface area contributed by atoms with Crippen LogP contribution in [0.5, 0.6) is 0 Å². The highest BCUT2D eigenvalue weighted by molar-refractivity contribution is 7.89. The molecule has 1 fully saturated rings. The predicted molar refractivity (Wildman–Crippen MR) is 94.2 cm³/mol. The van der Waals surface area contributed by atoms with E-state index in [0.29, 0.717) is 0 Å². The Morgan fingerprint density at radius 2 is 1.82 bits per heavy atom. The van der Waals surface area contributed by atoms with Crippen LogP contribution < -0.4 is 4.72 Å². The third kappa shape index (κ3) is 5.66. The SMILES string of the molecule is CCOC(=O)[C@H]([C@H](NS(=O)(=O)c1ccc(C)cc1)C(F)(F)F)N1CCOCC1. The minimum atomic E-state index is -5.02. The fraction of sp³-hybridized carbons (Fsp3) is 0.588. The van der Waals surface area contributed by atoms with E-state index >= 15 is 0 Å². The van der Waals surface area contributed by atoms with Gasteiger partial charge in [0.2, 0.25) is 10.0 Å². The highest BCUT2D eigenvalue weighted by Gasteiger charge is 2.52. The monoisotopic (exact) mass is 424 g/mol. The van der Waals surface area contributed by atoms with Crippen molar-refractivity contribution in [3.8, 4) is 0 Å². The van der Waals surface area contributed by atoms with Crippen molar-refractivity contribution in [2.75, 3.05) is 32.9 Å². The number of carbonyl (C=O) groups is 1. The minimum absolute atomic E-state index is 0.0440. The third-order valence-corrected chi connectivity index (χ3v) is 5.71. The molecule has 1 saturated heterocycles. The molecule has 28 heavy (non-hydrogen) atoms. The first-order valence-corrected chi connectivity index (χ1v) is 10.2. The van der Waals surface area contributed by atoms with Crippen LogP contribution >= 0.6 is 0 Å². The number of benzene rings is 1. The summed E-state index contributed by atoms with van der Waals surface area (Å²) in [5, 5.41) is 0. The zero-order chi connectivity index (χ0) is 20.9.